The molecule has 0 saturated heterocycles. The highest BCUT2D eigenvalue weighted by molar-refractivity contribution is 7.99. The molecule has 0 spiro atoms. The van der Waals surface area contributed by atoms with E-state index in [1.807, 2.05) is 56.3 Å². The number of unbranched alkanes of at least 4 members (excludes halogenated alkanes) is 1. The third-order valence-corrected chi connectivity index (χ3v) is 6.65. The van der Waals surface area contributed by atoms with Crippen LogP contribution in [-0.4, -0.2) is 35.0 Å². The number of hydrogen-bond donors (Lipinski definition) is 1. The first-order valence-electron chi connectivity index (χ1n) is 12.0. The first-order valence-corrected chi connectivity index (χ1v) is 13.0. The molecule has 1 aromatic heterocycles. The van der Waals surface area contributed by atoms with Crippen molar-refractivity contribution >= 4 is 23.4 Å². The second-order valence-corrected chi connectivity index (χ2v) is 9.19. The Balaban J connectivity index is 1.95. The Kier molecular flexibility index (Phi) is 7.75. The van der Waals surface area contributed by atoms with Gasteiger partial charge in [-0.25, -0.2) is 4.90 Å². The number of amides is 1. The summed E-state index contributed by atoms with van der Waals surface area (Å²) < 4.78 is 13.3. The lowest BCUT2D eigenvalue weighted by molar-refractivity contribution is -0.763. The van der Waals surface area contributed by atoms with Gasteiger partial charge in [-0.1, -0.05) is 37.2 Å². The molecule has 0 aliphatic carbocycles. The van der Waals surface area contributed by atoms with Crippen LogP contribution >= 0.6 is 11.8 Å². The molecule has 1 atom stereocenters. The number of anilines is 1. The van der Waals surface area contributed by atoms with E-state index in [1.165, 1.54) is 18.7 Å². The smallest absolute Gasteiger partial charge is 0.325 e. The fourth-order valence-corrected chi connectivity index (χ4v) is 5.16. The summed E-state index contributed by atoms with van der Waals surface area (Å²) in [7, 11) is 0. The van der Waals surface area contributed by atoms with E-state index in [0.717, 1.165) is 24.2 Å². The highest BCUT2D eigenvalue weighted by atomic mass is 32.2. The van der Waals surface area contributed by atoms with Crippen LogP contribution in [0.3, 0.4) is 0 Å². The number of thioether (sulfide) groups is 1. The Morgan fingerprint density at radius 1 is 1.11 bits per heavy atom. The molecule has 1 aliphatic rings. The number of carbonyl (C=O) groups is 1. The molecule has 2 heterocycles. The lowest BCUT2D eigenvalue weighted by Gasteiger charge is -2.31. The van der Waals surface area contributed by atoms with Gasteiger partial charge in [0.25, 0.3) is 6.17 Å². The number of hydrogen-bond acceptors (Lipinski definition) is 6. The lowest BCUT2D eigenvalue weighted by atomic mass is 10.0. The number of aromatic nitrogens is 3. The third-order valence-electron chi connectivity index (χ3n) is 5.70. The molecule has 8 nitrogen and oxygen atoms in total. The van der Waals surface area contributed by atoms with Gasteiger partial charge >= 0.3 is 11.3 Å². The van der Waals surface area contributed by atoms with E-state index < -0.39 is 6.17 Å². The van der Waals surface area contributed by atoms with Crippen molar-refractivity contribution in [2.75, 3.05) is 23.9 Å². The van der Waals surface area contributed by atoms with Crippen LogP contribution in [0.5, 0.6) is 11.5 Å². The number of para-hydroxylation sites is 1. The summed E-state index contributed by atoms with van der Waals surface area (Å²) in [4.78, 5) is 31.0. The van der Waals surface area contributed by atoms with Crippen molar-refractivity contribution in [1.82, 2.24) is 10.1 Å². The monoisotopic (exact) mass is 495 g/mol. The van der Waals surface area contributed by atoms with Crippen LogP contribution in [0.15, 0.2) is 52.4 Å². The topological polar surface area (TPSA) is 88.4 Å². The van der Waals surface area contributed by atoms with Gasteiger partial charge in [0.1, 0.15) is 0 Å². The van der Waals surface area contributed by atoms with Crippen molar-refractivity contribution in [1.29, 1.82) is 0 Å². The number of benzene rings is 2. The van der Waals surface area contributed by atoms with E-state index in [1.54, 1.807) is 9.58 Å². The molecule has 1 aliphatic heterocycles. The SMILES string of the molecule is CCCCSc1n[n+]2c(c(=O)[nH]1)-c1ccccc1N(C(C)=O)[C@@H]2c1ccc(OCC)c(OCC)c1. The van der Waals surface area contributed by atoms with Crippen LogP contribution < -0.4 is 24.6 Å². The lowest BCUT2D eigenvalue weighted by Crippen LogP contribution is -2.60. The van der Waals surface area contributed by atoms with Crippen molar-refractivity contribution in [2.24, 2.45) is 0 Å². The highest BCUT2D eigenvalue weighted by Gasteiger charge is 2.45. The molecule has 4 rings (SSSR count). The van der Waals surface area contributed by atoms with Gasteiger partial charge in [-0.15, -0.1) is 0 Å². The van der Waals surface area contributed by atoms with Crippen molar-refractivity contribution in [3.63, 3.8) is 0 Å². The Hall–Kier alpha value is -3.33. The number of nitrogens with zero attached hydrogens (tertiary/aromatic N) is 3. The van der Waals surface area contributed by atoms with Crippen molar-refractivity contribution < 1.29 is 19.0 Å². The fraction of sp³-hybridized carbons (Fsp3) is 0.385. The summed E-state index contributed by atoms with van der Waals surface area (Å²) >= 11 is 1.50. The van der Waals surface area contributed by atoms with Gasteiger partial charge in [0.05, 0.1) is 24.5 Å². The van der Waals surface area contributed by atoms with Gasteiger partial charge in [-0.3, -0.25) is 14.6 Å². The fourth-order valence-electron chi connectivity index (χ4n) is 4.22. The van der Waals surface area contributed by atoms with Crippen molar-refractivity contribution in [3.05, 3.63) is 58.4 Å². The molecule has 2 aromatic carbocycles. The van der Waals surface area contributed by atoms with E-state index in [-0.39, 0.29) is 11.5 Å². The molecular weight excluding hydrogens is 464 g/mol. The van der Waals surface area contributed by atoms with E-state index in [0.29, 0.717) is 46.8 Å². The summed E-state index contributed by atoms with van der Waals surface area (Å²) in [5.74, 6) is 1.89. The standard InChI is InChI=1S/C26H30N4O4S/c1-5-8-15-35-26-27-24(32)23-19-11-9-10-12-20(19)29(17(4)31)25(30(23)28-26)18-13-14-21(33-6-2)22(16-18)34-7-3/h9-14,16,25H,5-8,15H2,1-4H3/p+1/t25-/m0/s1. The zero-order valence-corrected chi connectivity index (χ0v) is 21.4. The second kappa shape index (κ2) is 10.9. The average Bonchev–Trinajstić information content (AvgIpc) is 2.84. The molecule has 3 aromatic rings. The minimum absolute atomic E-state index is 0.158. The minimum atomic E-state index is -0.667. The maximum absolute atomic E-state index is 13.4. The number of H-pyrrole nitrogens is 1. The Labute approximate surface area is 209 Å². The van der Waals surface area contributed by atoms with Gasteiger partial charge in [0.2, 0.25) is 11.1 Å². The number of carbonyl (C=O) groups excluding carboxylic acids is 1. The highest BCUT2D eigenvalue weighted by Crippen LogP contribution is 2.39. The summed E-state index contributed by atoms with van der Waals surface area (Å²) in [6, 6.07) is 13.0. The Morgan fingerprint density at radius 3 is 2.57 bits per heavy atom. The van der Waals surface area contributed by atoms with E-state index >= 15 is 0 Å². The molecule has 184 valence electrons. The van der Waals surface area contributed by atoms with Gasteiger partial charge in [0, 0.05) is 23.3 Å². The van der Waals surface area contributed by atoms with Gasteiger partial charge in [-0.2, -0.15) is 0 Å². The number of fused-ring (bicyclic) bond motifs is 3. The van der Waals surface area contributed by atoms with Crippen LogP contribution in [-0.2, 0) is 4.79 Å². The summed E-state index contributed by atoms with van der Waals surface area (Å²) in [6.07, 6.45) is 1.40. The van der Waals surface area contributed by atoms with Crippen molar-refractivity contribution in [3.8, 4) is 22.8 Å². The number of aromatic amines is 1. The zero-order valence-electron chi connectivity index (χ0n) is 20.5. The number of rotatable bonds is 9. The minimum Gasteiger partial charge on any atom is -0.490 e. The van der Waals surface area contributed by atoms with Crippen LogP contribution in [0.1, 0.15) is 52.3 Å². The van der Waals surface area contributed by atoms with Gasteiger partial charge in [-0.05, 0) is 55.3 Å². The Bertz CT molecular complexity index is 1280. The van der Waals surface area contributed by atoms with E-state index in [2.05, 4.69) is 11.9 Å². The van der Waals surface area contributed by atoms with E-state index in [9.17, 15) is 9.59 Å². The first kappa shape index (κ1) is 24.8. The average molecular weight is 496 g/mol. The molecule has 9 heteroatoms. The molecule has 1 amide bonds. The molecular formula is C26H31N4O4S+. The van der Waals surface area contributed by atoms with E-state index in [4.69, 9.17) is 14.6 Å². The Morgan fingerprint density at radius 2 is 1.86 bits per heavy atom. The van der Waals surface area contributed by atoms with Crippen LogP contribution in [0.25, 0.3) is 11.3 Å². The summed E-state index contributed by atoms with van der Waals surface area (Å²) in [5, 5.41) is 5.35. The van der Waals surface area contributed by atoms with Crippen LogP contribution in [0.2, 0.25) is 0 Å². The molecule has 1 N–H and O–H groups in total. The molecule has 0 saturated carbocycles. The molecule has 0 bridgehead atoms. The maximum Gasteiger partial charge on any atom is 0.325 e. The second-order valence-electron chi connectivity index (χ2n) is 8.11. The zero-order chi connectivity index (χ0) is 24.9. The third kappa shape index (κ3) is 4.91. The predicted octanol–water partition coefficient (Wildman–Crippen LogP) is 4.33. The normalized spacial score (nSPS) is 14.3. The molecule has 0 radical (unpaired) electrons. The maximum atomic E-state index is 13.4. The molecule has 0 fully saturated rings. The van der Waals surface area contributed by atoms with Crippen molar-refractivity contribution in [2.45, 2.75) is 51.9 Å². The first-order chi connectivity index (χ1) is 17.0. The number of ether oxygens (including phenoxy) is 2. The summed E-state index contributed by atoms with van der Waals surface area (Å²) in [6.45, 7) is 8.44. The van der Waals surface area contributed by atoms with Gasteiger partial charge in [0.15, 0.2) is 11.5 Å². The largest absolute Gasteiger partial charge is 0.490 e. The quantitative estimate of drug-likeness (QED) is 0.270. The predicted molar refractivity (Wildman–Crippen MR) is 136 cm³/mol. The summed E-state index contributed by atoms with van der Waals surface area (Å²) in [5.41, 5.74) is 2.25. The van der Waals surface area contributed by atoms with Gasteiger partial charge < -0.3 is 9.47 Å². The molecule has 35 heavy (non-hydrogen) atoms. The van der Waals surface area contributed by atoms with Crippen LogP contribution in [0, 0.1) is 0 Å². The van der Waals surface area contributed by atoms with Crippen LogP contribution in [0.4, 0.5) is 5.69 Å². The molecule has 0 unspecified atom stereocenters. The number of nitrogens with one attached hydrogen (secondary N) is 1.